The Morgan fingerprint density at radius 2 is 2.08 bits per heavy atom. The molecule has 0 spiro atoms. The van der Waals surface area contributed by atoms with Gasteiger partial charge in [0.05, 0.1) is 12.7 Å². The average Bonchev–Trinajstić information content (AvgIpc) is 2.13. The van der Waals surface area contributed by atoms with Gasteiger partial charge >= 0.3 is 0 Å². The molecule has 0 saturated heterocycles. The summed E-state index contributed by atoms with van der Waals surface area (Å²) in [7, 11) is 1.77. The summed E-state index contributed by atoms with van der Waals surface area (Å²) in [5.74, 6) is -0.252. The molecule has 4 N–H and O–H groups in total. The van der Waals surface area contributed by atoms with Crippen LogP contribution in [0.5, 0.6) is 0 Å². The molecule has 2 unspecified atom stereocenters. The lowest BCUT2D eigenvalue weighted by atomic mass is 10.1. The first-order chi connectivity index (χ1) is 6.11. The Morgan fingerprint density at radius 3 is 2.54 bits per heavy atom. The highest BCUT2D eigenvalue weighted by atomic mass is 16.3. The zero-order valence-corrected chi connectivity index (χ0v) is 8.08. The van der Waals surface area contributed by atoms with E-state index >= 15 is 0 Å². The molecule has 0 aliphatic carbocycles. The Bertz CT molecular complexity index is 152. The van der Waals surface area contributed by atoms with E-state index in [4.69, 9.17) is 10.2 Å². The number of hydrogen-bond acceptors (Lipinski definition) is 4. The summed E-state index contributed by atoms with van der Waals surface area (Å²) in [6.07, 6.45) is -0.870. The summed E-state index contributed by atoms with van der Waals surface area (Å²) in [5, 5.41) is 22.8. The molecule has 1 amide bonds. The zero-order chi connectivity index (χ0) is 10.3. The summed E-state index contributed by atoms with van der Waals surface area (Å²) < 4.78 is 0. The Kier molecular flexibility index (Phi) is 6.48. The van der Waals surface area contributed by atoms with Crippen molar-refractivity contribution in [3.63, 3.8) is 0 Å². The third-order valence-electron chi connectivity index (χ3n) is 1.68. The van der Waals surface area contributed by atoms with Crippen molar-refractivity contribution in [1.82, 2.24) is 10.6 Å². The van der Waals surface area contributed by atoms with Gasteiger partial charge in [-0.25, -0.2) is 0 Å². The highest BCUT2D eigenvalue weighted by Crippen LogP contribution is 1.91. The fraction of sp³-hybridized carbons (Fsp3) is 0.875. The molecule has 0 fully saturated rings. The Morgan fingerprint density at radius 1 is 1.46 bits per heavy atom. The van der Waals surface area contributed by atoms with Crippen LogP contribution in [0, 0.1) is 5.92 Å². The molecule has 0 bridgehead atoms. The third-order valence-corrected chi connectivity index (χ3v) is 1.68. The molecule has 0 heterocycles. The number of aliphatic hydroxyl groups excluding tert-OH is 2. The SMILES string of the molecule is CNCC(C)C(=O)NCC(O)CO. The fourth-order valence-electron chi connectivity index (χ4n) is 0.856. The molecule has 0 radical (unpaired) electrons. The van der Waals surface area contributed by atoms with Crippen LogP contribution in [0.4, 0.5) is 0 Å². The maximum absolute atomic E-state index is 11.2. The standard InChI is InChI=1S/C8H18N2O3/c1-6(3-9-2)8(13)10-4-7(12)5-11/h6-7,9,11-12H,3-5H2,1-2H3,(H,10,13). The molecular formula is C8H18N2O3. The molecule has 5 heteroatoms. The molecular weight excluding hydrogens is 172 g/mol. The van der Waals surface area contributed by atoms with Crippen molar-refractivity contribution >= 4 is 5.91 Å². The van der Waals surface area contributed by atoms with E-state index in [1.165, 1.54) is 0 Å². The van der Waals surface area contributed by atoms with Crippen LogP contribution >= 0.6 is 0 Å². The number of nitrogens with one attached hydrogen (secondary N) is 2. The second kappa shape index (κ2) is 6.82. The van der Waals surface area contributed by atoms with Gasteiger partial charge in [-0.1, -0.05) is 6.92 Å². The van der Waals surface area contributed by atoms with Crippen molar-refractivity contribution in [1.29, 1.82) is 0 Å². The van der Waals surface area contributed by atoms with Crippen molar-refractivity contribution in [2.24, 2.45) is 5.92 Å². The van der Waals surface area contributed by atoms with Crippen molar-refractivity contribution in [2.45, 2.75) is 13.0 Å². The number of hydrogen-bond donors (Lipinski definition) is 4. The first-order valence-corrected chi connectivity index (χ1v) is 4.33. The first-order valence-electron chi connectivity index (χ1n) is 4.33. The van der Waals surface area contributed by atoms with Gasteiger partial charge in [0.25, 0.3) is 0 Å². The van der Waals surface area contributed by atoms with Crippen LogP contribution in [0.25, 0.3) is 0 Å². The minimum Gasteiger partial charge on any atom is -0.394 e. The van der Waals surface area contributed by atoms with Gasteiger partial charge in [0.1, 0.15) is 0 Å². The summed E-state index contributed by atoms with van der Waals surface area (Å²) >= 11 is 0. The molecule has 0 aromatic carbocycles. The fourth-order valence-corrected chi connectivity index (χ4v) is 0.856. The predicted octanol–water partition coefficient (Wildman–Crippen LogP) is -1.69. The number of rotatable bonds is 6. The summed E-state index contributed by atoms with van der Waals surface area (Å²) in [6, 6.07) is 0. The van der Waals surface area contributed by atoms with Gasteiger partial charge in [-0.2, -0.15) is 0 Å². The van der Waals surface area contributed by atoms with Crippen molar-refractivity contribution < 1.29 is 15.0 Å². The van der Waals surface area contributed by atoms with E-state index < -0.39 is 6.10 Å². The van der Waals surface area contributed by atoms with Crippen molar-refractivity contribution in [3.8, 4) is 0 Å². The highest BCUT2D eigenvalue weighted by molar-refractivity contribution is 5.78. The smallest absolute Gasteiger partial charge is 0.224 e. The number of amides is 1. The molecule has 0 rings (SSSR count). The van der Waals surface area contributed by atoms with Gasteiger partial charge in [-0.15, -0.1) is 0 Å². The van der Waals surface area contributed by atoms with E-state index in [9.17, 15) is 4.79 Å². The third kappa shape index (κ3) is 5.57. The van der Waals surface area contributed by atoms with E-state index in [1.807, 2.05) is 0 Å². The second-order valence-electron chi connectivity index (χ2n) is 3.04. The van der Waals surface area contributed by atoms with Crippen LogP contribution < -0.4 is 10.6 Å². The van der Waals surface area contributed by atoms with Gasteiger partial charge in [-0.05, 0) is 7.05 Å². The molecule has 0 saturated carbocycles. The molecule has 0 aromatic heterocycles. The number of aliphatic hydroxyl groups is 2. The normalized spacial score (nSPS) is 15.1. The van der Waals surface area contributed by atoms with Crippen LogP contribution in [-0.2, 0) is 4.79 Å². The number of carbonyl (C=O) groups excluding carboxylic acids is 1. The molecule has 5 nitrogen and oxygen atoms in total. The van der Waals surface area contributed by atoms with E-state index in [2.05, 4.69) is 10.6 Å². The number of carbonyl (C=O) groups is 1. The quantitative estimate of drug-likeness (QED) is 0.403. The van der Waals surface area contributed by atoms with E-state index in [0.717, 1.165) is 0 Å². The van der Waals surface area contributed by atoms with Gasteiger partial charge in [0.15, 0.2) is 0 Å². The van der Waals surface area contributed by atoms with Gasteiger partial charge in [-0.3, -0.25) is 4.79 Å². The Balaban J connectivity index is 3.61. The summed E-state index contributed by atoms with van der Waals surface area (Å²) in [6.45, 7) is 2.16. The van der Waals surface area contributed by atoms with E-state index in [1.54, 1.807) is 14.0 Å². The van der Waals surface area contributed by atoms with E-state index in [0.29, 0.717) is 6.54 Å². The van der Waals surface area contributed by atoms with Gasteiger partial charge in [0.2, 0.25) is 5.91 Å². The minimum atomic E-state index is -0.870. The average molecular weight is 190 g/mol. The van der Waals surface area contributed by atoms with Crippen LogP contribution in [0.1, 0.15) is 6.92 Å². The minimum absolute atomic E-state index is 0.101. The topological polar surface area (TPSA) is 81.6 Å². The molecule has 78 valence electrons. The molecule has 2 atom stereocenters. The highest BCUT2D eigenvalue weighted by Gasteiger charge is 2.12. The Hall–Kier alpha value is -0.650. The van der Waals surface area contributed by atoms with E-state index in [-0.39, 0.29) is 25.0 Å². The molecule has 13 heavy (non-hydrogen) atoms. The van der Waals surface area contributed by atoms with Crippen molar-refractivity contribution in [2.75, 3.05) is 26.7 Å². The maximum atomic E-state index is 11.2. The molecule has 0 aliphatic heterocycles. The second-order valence-corrected chi connectivity index (χ2v) is 3.04. The lowest BCUT2D eigenvalue weighted by molar-refractivity contribution is -0.124. The Labute approximate surface area is 78.1 Å². The zero-order valence-electron chi connectivity index (χ0n) is 8.08. The lowest BCUT2D eigenvalue weighted by Crippen LogP contribution is -2.39. The molecule has 0 aliphatic rings. The molecule has 0 aromatic rings. The van der Waals surface area contributed by atoms with Crippen LogP contribution in [-0.4, -0.2) is 49.0 Å². The van der Waals surface area contributed by atoms with Crippen LogP contribution in [0.2, 0.25) is 0 Å². The lowest BCUT2D eigenvalue weighted by Gasteiger charge is -2.13. The predicted molar refractivity (Wildman–Crippen MR) is 49.2 cm³/mol. The largest absolute Gasteiger partial charge is 0.394 e. The van der Waals surface area contributed by atoms with Crippen LogP contribution in [0.3, 0.4) is 0 Å². The first kappa shape index (κ1) is 12.3. The monoisotopic (exact) mass is 190 g/mol. The van der Waals surface area contributed by atoms with Crippen molar-refractivity contribution in [3.05, 3.63) is 0 Å². The van der Waals surface area contributed by atoms with Crippen LogP contribution in [0.15, 0.2) is 0 Å². The van der Waals surface area contributed by atoms with Gasteiger partial charge in [0, 0.05) is 19.0 Å². The van der Waals surface area contributed by atoms with Gasteiger partial charge < -0.3 is 20.8 Å². The summed E-state index contributed by atoms with van der Waals surface area (Å²) in [4.78, 5) is 11.2. The summed E-state index contributed by atoms with van der Waals surface area (Å²) in [5.41, 5.74) is 0. The maximum Gasteiger partial charge on any atom is 0.224 e.